The quantitative estimate of drug-likeness (QED) is 0.0812. The average Bonchev–Trinajstić information content (AvgIpc) is 3.62. The van der Waals surface area contributed by atoms with Gasteiger partial charge >= 0.3 is 0 Å². The maximum atomic E-state index is 13.6. The van der Waals surface area contributed by atoms with Crippen LogP contribution < -0.4 is 30.2 Å². The lowest BCUT2D eigenvalue weighted by Gasteiger charge is -2.15. The summed E-state index contributed by atoms with van der Waals surface area (Å²) in [5.41, 5.74) is 4.33. The minimum Gasteiger partial charge on any atom is -0.493 e. The second-order valence-electron chi connectivity index (χ2n) is 11.2. The lowest BCUT2D eigenvalue weighted by molar-refractivity contribution is -0.114. The number of benzene rings is 5. The maximum absolute atomic E-state index is 13.6. The monoisotopic (exact) mass is 714 g/mol. The topological polar surface area (TPSA) is 141 Å². The number of nitrogens with zero attached hydrogens (tertiary/aromatic N) is 1. The molecule has 0 unspecified atom stereocenters. The normalized spacial score (nSPS) is 11.1. The molecule has 0 bridgehead atoms. The van der Waals surface area contributed by atoms with Crippen LogP contribution in [0.1, 0.15) is 15.9 Å². The number of hydrogen-bond donors (Lipinski definition) is 3. The Morgan fingerprint density at radius 1 is 0.750 bits per heavy atom. The molecule has 3 N–H and O–H groups in total. The Kier molecular flexibility index (Phi) is 11.2. The molecule has 0 radical (unpaired) electrons. The minimum atomic E-state index is -0.556. The Balaban J connectivity index is 1.09. The van der Waals surface area contributed by atoms with Gasteiger partial charge in [-0.2, -0.15) is 0 Å². The summed E-state index contributed by atoms with van der Waals surface area (Å²) in [5, 5.41) is 8.47. The van der Waals surface area contributed by atoms with E-state index in [0.29, 0.717) is 51.2 Å². The van der Waals surface area contributed by atoms with Gasteiger partial charge < -0.3 is 34.6 Å². The third-order valence-electron chi connectivity index (χ3n) is 7.72. The summed E-state index contributed by atoms with van der Waals surface area (Å²) in [6.45, 7) is 0. The number of thioether (sulfide) groups is 1. The van der Waals surface area contributed by atoms with E-state index in [1.165, 1.54) is 39.2 Å². The molecule has 0 saturated heterocycles. The van der Waals surface area contributed by atoms with Gasteiger partial charge in [-0.05, 0) is 96.6 Å². The highest BCUT2D eigenvalue weighted by Crippen LogP contribution is 2.38. The van der Waals surface area contributed by atoms with E-state index in [-0.39, 0.29) is 17.4 Å². The van der Waals surface area contributed by atoms with Crippen molar-refractivity contribution < 1.29 is 33.0 Å². The van der Waals surface area contributed by atoms with Crippen LogP contribution in [-0.4, -0.2) is 49.8 Å². The first-order valence-electron chi connectivity index (χ1n) is 16.0. The number of carbonyl (C=O) groups excluding carboxylic acids is 3. The lowest BCUT2D eigenvalue weighted by Crippen LogP contribution is -2.30. The molecule has 6 rings (SSSR count). The summed E-state index contributed by atoms with van der Waals surface area (Å²) in [6, 6.07) is 33.8. The van der Waals surface area contributed by atoms with Crippen molar-refractivity contribution in [3.63, 3.8) is 0 Å². The SMILES string of the molecule is COc1cc(/C=C(\NC(=O)c2ccccc2)C(=O)Nc2ccc(SCC(=O)Nc3ccc(-c4nc5ccccc5o4)cc3)cc2)cc(OC)c1OC. The van der Waals surface area contributed by atoms with Gasteiger partial charge in [0.15, 0.2) is 17.1 Å². The van der Waals surface area contributed by atoms with Gasteiger partial charge in [0.05, 0.1) is 27.1 Å². The van der Waals surface area contributed by atoms with Gasteiger partial charge in [0.2, 0.25) is 17.5 Å². The first kappa shape index (κ1) is 35.3. The molecule has 5 aromatic carbocycles. The van der Waals surface area contributed by atoms with Crippen LogP contribution >= 0.6 is 11.8 Å². The molecule has 52 heavy (non-hydrogen) atoms. The molecule has 6 aromatic rings. The maximum Gasteiger partial charge on any atom is 0.272 e. The van der Waals surface area contributed by atoms with E-state index in [9.17, 15) is 14.4 Å². The molecule has 0 atom stereocenters. The number of anilines is 2. The van der Waals surface area contributed by atoms with Crippen LogP contribution in [0.5, 0.6) is 17.2 Å². The van der Waals surface area contributed by atoms with Gasteiger partial charge in [0.25, 0.3) is 11.8 Å². The predicted octanol–water partition coefficient (Wildman–Crippen LogP) is 7.66. The van der Waals surface area contributed by atoms with E-state index in [2.05, 4.69) is 20.9 Å². The number of hydrogen-bond acceptors (Lipinski definition) is 9. The highest BCUT2D eigenvalue weighted by Gasteiger charge is 2.18. The van der Waals surface area contributed by atoms with Crippen LogP contribution in [0.3, 0.4) is 0 Å². The van der Waals surface area contributed by atoms with Gasteiger partial charge in [-0.3, -0.25) is 14.4 Å². The fraction of sp³-hybridized carbons (Fsp3) is 0.100. The zero-order chi connectivity index (χ0) is 36.5. The fourth-order valence-corrected chi connectivity index (χ4v) is 5.86. The number of ether oxygens (including phenoxy) is 3. The number of aromatic nitrogens is 1. The number of fused-ring (bicyclic) bond motifs is 1. The van der Waals surface area contributed by atoms with Crippen molar-refractivity contribution in [1.29, 1.82) is 0 Å². The third kappa shape index (κ3) is 8.60. The fourth-order valence-electron chi connectivity index (χ4n) is 5.16. The molecule has 1 heterocycles. The van der Waals surface area contributed by atoms with E-state index < -0.39 is 11.8 Å². The van der Waals surface area contributed by atoms with Gasteiger partial charge in [-0.15, -0.1) is 11.8 Å². The molecular formula is C40H34N4O7S. The number of amides is 3. The van der Waals surface area contributed by atoms with Crippen molar-refractivity contribution in [1.82, 2.24) is 10.3 Å². The van der Waals surface area contributed by atoms with Crippen LogP contribution in [0, 0.1) is 0 Å². The third-order valence-corrected chi connectivity index (χ3v) is 8.73. The minimum absolute atomic E-state index is 0.0138. The number of nitrogens with one attached hydrogen (secondary N) is 3. The average molecular weight is 715 g/mol. The molecule has 1 aromatic heterocycles. The van der Waals surface area contributed by atoms with Crippen molar-refractivity contribution in [3.8, 4) is 28.7 Å². The molecular weight excluding hydrogens is 681 g/mol. The number of carbonyl (C=O) groups is 3. The Bertz CT molecular complexity index is 2180. The number of rotatable bonds is 13. The van der Waals surface area contributed by atoms with Crippen molar-refractivity contribution in [3.05, 3.63) is 132 Å². The molecule has 0 aliphatic rings. The van der Waals surface area contributed by atoms with E-state index in [0.717, 1.165) is 16.0 Å². The zero-order valence-corrected chi connectivity index (χ0v) is 29.3. The van der Waals surface area contributed by atoms with E-state index in [1.807, 2.05) is 36.4 Å². The van der Waals surface area contributed by atoms with Crippen LogP contribution in [0.25, 0.3) is 28.6 Å². The highest BCUT2D eigenvalue weighted by molar-refractivity contribution is 8.00. The summed E-state index contributed by atoms with van der Waals surface area (Å²) in [7, 11) is 4.48. The van der Waals surface area contributed by atoms with Crippen LogP contribution in [-0.2, 0) is 9.59 Å². The van der Waals surface area contributed by atoms with Gasteiger partial charge in [-0.1, -0.05) is 30.3 Å². The van der Waals surface area contributed by atoms with Crippen LogP contribution in [0.2, 0.25) is 0 Å². The van der Waals surface area contributed by atoms with E-state index in [1.54, 1.807) is 78.9 Å². The molecule has 0 spiro atoms. The van der Waals surface area contributed by atoms with Gasteiger partial charge in [0.1, 0.15) is 11.2 Å². The molecule has 0 aliphatic carbocycles. The van der Waals surface area contributed by atoms with Crippen molar-refractivity contribution >= 4 is 58.0 Å². The van der Waals surface area contributed by atoms with Gasteiger partial charge in [-0.25, -0.2) is 4.98 Å². The van der Waals surface area contributed by atoms with Crippen molar-refractivity contribution in [2.75, 3.05) is 37.7 Å². The Labute approximate surface area is 304 Å². The second kappa shape index (κ2) is 16.5. The standard InChI is InChI=1S/C40H34N4O7S/c1-48-34-22-25(23-35(49-2)37(34)50-3)21-32(43-38(46)26-9-5-4-6-10-26)39(47)42-29-17-19-30(20-18-29)52-24-36(45)41-28-15-13-27(14-16-28)40-44-31-11-7-8-12-33(31)51-40/h4-23H,24H2,1-3H3,(H,41,45)(H,42,47)(H,43,46)/b32-21-. The number of oxazole rings is 1. The Morgan fingerprint density at radius 2 is 1.38 bits per heavy atom. The summed E-state index contributed by atoms with van der Waals surface area (Å²) in [4.78, 5) is 44.7. The Hall–Kier alpha value is -6.53. The summed E-state index contributed by atoms with van der Waals surface area (Å²) >= 11 is 1.35. The molecule has 11 nitrogen and oxygen atoms in total. The Morgan fingerprint density at radius 3 is 2.04 bits per heavy atom. The molecule has 0 saturated carbocycles. The molecule has 3 amide bonds. The largest absolute Gasteiger partial charge is 0.493 e. The second-order valence-corrected chi connectivity index (χ2v) is 12.3. The summed E-state index contributed by atoms with van der Waals surface area (Å²) in [5.74, 6) is 0.662. The van der Waals surface area contributed by atoms with Gasteiger partial charge in [0, 0.05) is 27.4 Å². The zero-order valence-electron chi connectivity index (χ0n) is 28.5. The lowest BCUT2D eigenvalue weighted by atomic mass is 10.1. The van der Waals surface area contributed by atoms with Crippen molar-refractivity contribution in [2.24, 2.45) is 0 Å². The molecule has 12 heteroatoms. The van der Waals surface area contributed by atoms with E-state index >= 15 is 0 Å². The number of methoxy groups -OCH3 is 3. The first-order valence-corrected chi connectivity index (χ1v) is 17.0. The van der Waals surface area contributed by atoms with E-state index in [4.69, 9.17) is 18.6 Å². The molecule has 0 aliphatic heterocycles. The number of para-hydroxylation sites is 2. The highest BCUT2D eigenvalue weighted by atomic mass is 32.2. The smallest absolute Gasteiger partial charge is 0.272 e. The molecule has 0 fully saturated rings. The molecule has 262 valence electrons. The predicted molar refractivity (Wildman–Crippen MR) is 202 cm³/mol. The van der Waals surface area contributed by atoms with Crippen molar-refractivity contribution in [2.45, 2.75) is 4.90 Å². The summed E-state index contributed by atoms with van der Waals surface area (Å²) < 4.78 is 22.2. The first-order chi connectivity index (χ1) is 25.3. The van der Waals surface area contributed by atoms with Crippen LogP contribution in [0.4, 0.5) is 11.4 Å². The van der Waals surface area contributed by atoms with Crippen LogP contribution in [0.15, 0.2) is 130 Å². The summed E-state index contributed by atoms with van der Waals surface area (Å²) in [6.07, 6.45) is 1.52.